The standard InChI is InChI=1S/C20H27F3O4/c1-12(2)8-17-16(18(25)10-19(17)26)7-6-14(24)11-27-15-5-3-4-13(9-15)20(21,22)23/h3-7,9,12,14,16-19,24-26H,8,10-11H2,1-2H3/b7-6+/t14-,16-,17?,18-,19+/m1/s1. The zero-order valence-electron chi connectivity index (χ0n) is 15.4. The van der Waals surface area contributed by atoms with E-state index in [-0.39, 0.29) is 24.2 Å². The van der Waals surface area contributed by atoms with Crippen LogP contribution in [0.2, 0.25) is 0 Å². The molecule has 0 heterocycles. The normalized spacial score (nSPS) is 27.4. The quantitative estimate of drug-likeness (QED) is 0.626. The highest BCUT2D eigenvalue weighted by molar-refractivity contribution is 5.30. The van der Waals surface area contributed by atoms with Gasteiger partial charge in [0.15, 0.2) is 0 Å². The van der Waals surface area contributed by atoms with Crippen LogP contribution in [0.1, 0.15) is 32.3 Å². The first-order valence-electron chi connectivity index (χ1n) is 9.10. The van der Waals surface area contributed by atoms with Crippen molar-refractivity contribution in [2.75, 3.05) is 6.61 Å². The fourth-order valence-electron chi connectivity index (χ4n) is 3.51. The van der Waals surface area contributed by atoms with E-state index in [1.54, 1.807) is 6.08 Å². The average Bonchev–Trinajstić information content (AvgIpc) is 2.83. The van der Waals surface area contributed by atoms with Crippen LogP contribution in [0.4, 0.5) is 13.2 Å². The van der Waals surface area contributed by atoms with E-state index in [4.69, 9.17) is 4.74 Å². The molecule has 0 bridgehead atoms. The Bertz CT molecular complexity index is 630. The number of alkyl halides is 3. The Morgan fingerprint density at radius 3 is 2.56 bits per heavy atom. The van der Waals surface area contributed by atoms with E-state index in [2.05, 4.69) is 0 Å². The molecule has 0 amide bonds. The topological polar surface area (TPSA) is 69.9 Å². The number of benzene rings is 1. The third-order valence-corrected chi connectivity index (χ3v) is 4.80. The van der Waals surface area contributed by atoms with Crippen molar-refractivity contribution in [3.8, 4) is 5.75 Å². The van der Waals surface area contributed by atoms with Crippen LogP contribution in [-0.2, 0) is 6.18 Å². The van der Waals surface area contributed by atoms with Gasteiger partial charge in [0, 0.05) is 12.3 Å². The predicted octanol–water partition coefficient (Wildman–Crippen LogP) is 3.41. The fourth-order valence-corrected chi connectivity index (χ4v) is 3.51. The summed E-state index contributed by atoms with van der Waals surface area (Å²) in [7, 11) is 0. The molecule has 1 aromatic carbocycles. The smallest absolute Gasteiger partial charge is 0.416 e. The SMILES string of the molecule is CC(C)CC1[C@@H](/C=C/[C@@H](O)COc2cccc(C(F)(F)F)c2)[C@H](O)C[C@@H]1O. The van der Waals surface area contributed by atoms with E-state index in [1.807, 2.05) is 13.8 Å². The molecule has 1 aliphatic carbocycles. The van der Waals surface area contributed by atoms with Gasteiger partial charge in [0.25, 0.3) is 0 Å². The molecule has 2 rings (SSSR count). The third-order valence-electron chi connectivity index (χ3n) is 4.80. The van der Waals surface area contributed by atoms with E-state index >= 15 is 0 Å². The lowest BCUT2D eigenvalue weighted by Crippen LogP contribution is -2.23. The Morgan fingerprint density at radius 2 is 1.93 bits per heavy atom. The first-order valence-corrected chi connectivity index (χ1v) is 9.10. The van der Waals surface area contributed by atoms with Gasteiger partial charge >= 0.3 is 6.18 Å². The lowest BCUT2D eigenvalue weighted by Gasteiger charge is -2.22. The molecule has 1 aromatic rings. The van der Waals surface area contributed by atoms with E-state index in [1.165, 1.54) is 18.2 Å². The van der Waals surface area contributed by atoms with Crippen molar-refractivity contribution in [1.82, 2.24) is 0 Å². The van der Waals surface area contributed by atoms with E-state index in [0.717, 1.165) is 18.6 Å². The number of ether oxygens (including phenoxy) is 1. The zero-order chi connectivity index (χ0) is 20.2. The summed E-state index contributed by atoms with van der Waals surface area (Å²) in [6.07, 6.45) is -2.58. The largest absolute Gasteiger partial charge is 0.491 e. The van der Waals surface area contributed by atoms with Crippen LogP contribution < -0.4 is 4.74 Å². The molecular formula is C20H27F3O4. The molecule has 0 aromatic heterocycles. The van der Waals surface area contributed by atoms with Gasteiger partial charge in [0.05, 0.1) is 17.8 Å². The minimum Gasteiger partial charge on any atom is -0.491 e. The van der Waals surface area contributed by atoms with Gasteiger partial charge in [0.1, 0.15) is 18.5 Å². The highest BCUT2D eigenvalue weighted by Crippen LogP contribution is 2.37. The highest BCUT2D eigenvalue weighted by Gasteiger charge is 2.40. The number of hydrogen-bond acceptors (Lipinski definition) is 4. The van der Waals surface area contributed by atoms with Gasteiger partial charge in [-0.3, -0.25) is 0 Å². The molecule has 1 fully saturated rings. The molecule has 0 aliphatic heterocycles. The van der Waals surface area contributed by atoms with Crippen LogP contribution in [0, 0.1) is 17.8 Å². The summed E-state index contributed by atoms with van der Waals surface area (Å²) in [4.78, 5) is 0. The minimum absolute atomic E-state index is 0.0197. The fraction of sp³-hybridized carbons (Fsp3) is 0.600. The maximum atomic E-state index is 12.7. The summed E-state index contributed by atoms with van der Waals surface area (Å²) in [5, 5.41) is 30.3. The Hall–Kier alpha value is -1.57. The summed E-state index contributed by atoms with van der Waals surface area (Å²) in [6.45, 7) is 3.87. The number of halogens is 3. The molecule has 3 N–H and O–H groups in total. The highest BCUT2D eigenvalue weighted by atomic mass is 19.4. The number of aliphatic hydroxyl groups excluding tert-OH is 3. The summed E-state index contributed by atoms with van der Waals surface area (Å²) < 4.78 is 43.3. The van der Waals surface area contributed by atoms with Crippen molar-refractivity contribution >= 4 is 0 Å². The predicted molar refractivity (Wildman–Crippen MR) is 95.2 cm³/mol. The molecule has 0 spiro atoms. The first-order chi connectivity index (χ1) is 12.6. The van der Waals surface area contributed by atoms with Gasteiger partial charge in [-0.25, -0.2) is 0 Å². The monoisotopic (exact) mass is 388 g/mol. The van der Waals surface area contributed by atoms with Crippen molar-refractivity contribution in [3.63, 3.8) is 0 Å². The lowest BCUT2D eigenvalue weighted by molar-refractivity contribution is -0.137. The van der Waals surface area contributed by atoms with Crippen molar-refractivity contribution in [1.29, 1.82) is 0 Å². The van der Waals surface area contributed by atoms with Crippen molar-refractivity contribution in [2.45, 2.75) is 51.2 Å². The number of rotatable bonds is 7. The third kappa shape index (κ3) is 6.23. The second-order valence-electron chi connectivity index (χ2n) is 7.53. The molecular weight excluding hydrogens is 361 g/mol. The summed E-state index contributed by atoms with van der Waals surface area (Å²) in [5.74, 6) is 0.0183. The Kier molecular flexibility index (Phi) is 7.31. The average molecular weight is 388 g/mol. The summed E-state index contributed by atoms with van der Waals surface area (Å²) >= 11 is 0. The van der Waals surface area contributed by atoms with Gasteiger partial charge < -0.3 is 20.1 Å². The van der Waals surface area contributed by atoms with Gasteiger partial charge in [-0.05, 0) is 36.5 Å². The van der Waals surface area contributed by atoms with Crippen molar-refractivity contribution < 1.29 is 33.2 Å². The van der Waals surface area contributed by atoms with Gasteiger partial charge in [-0.2, -0.15) is 13.2 Å². The lowest BCUT2D eigenvalue weighted by atomic mass is 9.86. The van der Waals surface area contributed by atoms with Crippen LogP contribution in [0.5, 0.6) is 5.75 Å². The van der Waals surface area contributed by atoms with E-state index < -0.39 is 30.1 Å². The molecule has 4 nitrogen and oxygen atoms in total. The maximum Gasteiger partial charge on any atom is 0.416 e. The molecule has 0 radical (unpaired) electrons. The molecule has 7 heteroatoms. The summed E-state index contributed by atoms with van der Waals surface area (Å²) in [5.41, 5.74) is -0.815. The molecule has 1 unspecified atom stereocenters. The Labute approximate surface area is 157 Å². The second kappa shape index (κ2) is 9.08. The van der Waals surface area contributed by atoms with E-state index in [0.29, 0.717) is 12.3 Å². The zero-order valence-corrected chi connectivity index (χ0v) is 15.4. The first kappa shape index (κ1) is 21.7. The van der Waals surface area contributed by atoms with Crippen LogP contribution in [0.15, 0.2) is 36.4 Å². The molecule has 27 heavy (non-hydrogen) atoms. The summed E-state index contributed by atoms with van der Waals surface area (Å²) in [6, 6.07) is 4.46. The molecule has 152 valence electrons. The molecule has 0 saturated heterocycles. The van der Waals surface area contributed by atoms with Crippen molar-refractivity contribution in [2.24, 2.45) is 17.8 Å². The Balaban J connectivity index is 1.94. The molecule has 1 saturated carbocycles. The van der Waals surface area contributed by atoms with Crippen LogP contribution in [0.3, 0.4) is 0 Å². The molecule has 5 atom stereocenters. The van der Waals surface area contributed by atoms with Crippen LogP contribution in [-0.4, -0.2) is 40.2 Å². The van der Waals surface area contributed by atoms with E-state index in [9.17, 15) is 28.5 Å². The van der Waals surface area contributed by atoms with Gasteiger partial charge in [-0.1, -0.05) is 32.1 Å². The van der Waals surface area contributed by atoms with Gasteiger partial charge in [-0.15, -0.1) is 0 Å². The second-order valence-corrected chi connectivity index (χ2v) is 7.53. The van der Waals surface area contributed by atoms with Crippen LogP contribution in [0.25, 0.3) is 0 Å². The van der Waals surface area contributed by atoms with Crippen molar-refractivity contribution in [3.05, 3.63) is 42.0 Å². The number of hydrogen-bond donors (Lipinski definition) is 3. The Morgan fingerprint density at radius 1 is 1.22 bits per heavy atom. The minimum atomic E-state index is -4.46. The van der Waals surface area contributed by atoms with Crippen LogP contribution >= 0.6 is 0 Å². The molecule has 1 aliphatic rings. The number of aliphatic hydroxyl groups is 3. The van der Waals surface area contributed by atoms with Gasteiger partial charge in [0.2, 0.25) is 0 Å². The maximum absolute atomic E-state index is 12.7.